The number of halogens is 1. The molecular formula is C17H20FNO. The van der Waals surface area contributed by atoms with Gasteiger partial charge in [-0.25, -0.2) is 4.39 Å². The van der Waals surface area contributed by atoms with Gasteiger partial charge in [-0.2, -0.15) is 0 Å². The summed E-state index contributed by atoms with van der Waals surface area (Å²) in [5.41, 5.74) is 9.47. The van der Waals surface area contributed by atoms with E-state index in [4.69, 9.17) is 10.5 Å². The third-order valence-electron chi connectivity index (χ3n) is 3.44. The predicted octanol–water partition coefficient (Wildman–Crippen LogP) is 3.83. The number of nitrogens with two attached hydrogens (primary N) is 1. The molecule has 2 aromatic rings. The van der Waals surface area contributed by atoms with Crippen LogP contribution in [0.2, 0.25) is 0 Å². The van der Waals surface area contributed by atoms with Crippen molar-refractivity contribution in [1.82, 2.24) is 0 Å². The molecule has 0 aliphatic rings. The smallest absolute Gasteiger partial charge is 0.136 e. The van der Waals surface area contributed by atoms with Crippen LogP contribution in [0.1, 0.15) is 28.4 Å². The lowest BCUT2D eigenvalue weighted by atomic mass is 10.1. The Morgan fingerprint density at radius 2 is 1.70 bits per heavy atom. The highest BCUT2D eigenvalue weighted by molar-refractivity contribution is 5.40. The second-order valence-electron chi connectivity index (χ2n) is 5.07. The summed E-state index contributed by atoms with van der Waals surface area (Å²) < 4.78 is 19.4. The average molecular weight is 273 g/mol. The van der Waals surface area contributed by atoms with Gasteiger partial charge in [0.05, 0.1) is 0 Å². The molecular weight excluding hydrogens is 253 g/mol. The van der Waals surface area contributed by atoms with Crippen LogP contribution in [0, 0.1) is 26.6 Å². The summed E-state index contributed by atoms with van der Waals surface area (Å²) in [7, 11) is 0. The lowest BCUT2D eigenvalue weighted by Crippen LogP contribution is -2.19. The second kappa shape index (κ2) is 6.06. The van der Waals surface area contributed by atoms with E-state index in [9.17, 15) is 4.39 Å². The van der Waals surface area contributed by atoms with Crippen LogP contribution < -0.4 is 10.5 Å². The number of ether oxygens (including phenoxy) is 1. The maximum Gasteiger partial charge on any atom is 0.136 e. The van der Waals surface area contributed by atoms with Gasteiger partial charge in [-0.1, -0.05) is 24.3 Å². The first-order chi connectivity index (χ1) is 9.52. The van der Waals surface area contributed by atoms with E-state index in [1.54, 1.807) is 19.1 Å². The molecule has 2 aromatic carbocycles. The van der Waals surface area contributed by atoms with E-state index < -0.39 is 0 Å². The third-order valence-corrected chi connectivity index (χ3v) is 3.44. The molecule has 3 heteroatoms. The standard InChI is InChI=1S/C17H20FNO/c1-11-5-4-6-12(2)17(11)20-16(10-19)14-7-8-15(18)13(3)9-14/h4-9,16H,10,19H2,1-3H3. The maximum atomic E-state index is 13.3. The number of hydrogen-bond acceptors (Lipinski definition) is 2. The Morgan fingerprint density at radius 1 is 1.05 bits per heavy atom. The van der Waals surface area contributed by atoms with Crippen molar-refractivity contribution in [3.05, 3.63) is 64.5 Å². The molecule has 0 fully saturated rings. The first-order valence-electron chi connectivity index (χ1n) is 6.72. The molecule has 0 aliphatic carbocycles. The predicted molar refractivity (Wildman–Crippen MR) is 79.5 cm³/mol. The fourth-order valence-electron chi connectivity index (χ4n) is 2.25. The van der Waals surface area contributed by atoms with Crippen LogP contribution in [0.25, 0.3) is 0 Å². The maximum absolute atomic E-state index is 13.3. The summed E-state index contributed by atoms with van der Waals surface area (Å²) in [6, 6.07) is 11.0. The number of rotatable bonds is 4. The molecule has 0 aromatic heterocycles. The van der Waals surface area contributed by atoms with Gasteiger partial charge < -0.3 is 10.5 Å². The fraction of sp³-hybridized carbons (Fsp3) is 0.294. The van der Waals surface area contributed by atoms with E-state index in [-0.39, 0.29) is 11.9 Å². The summed E-state index contributed by atoms with van der Waals surface area (Å²) in [4.78, 5) is 0. The fourth-order valence-corrected chi connectivity index (χ4v) is 2.25. The minimum absolute atomic E-state index is 0.211. The van der Waals surface area contributed by atoms with Crippen molar-refractivity contribution in [2.45, 2.75) is 26.9 Å². The molecule has 2 N–H and O–H groups in total. The summed E-state index contributed by atoms with van der Waals surface area (Å²) in [6.07, 6.45) is -0.269. The van der Waals surface area contributed by atoms with Gasteiger partial charge in [0.25, 0.3) is 0 Å². The topological polar surface area (TPSA) is 35.2 Å². The molecule has 0 amide bonds. The molecule has 0 saturated carbocycles. The van der Waals surface area contributed by atoms with Gasteiger partial charge in [0.15, 0.2) is 0 Å². The molecule has 20 heavy (non-hydrogen) atoms. The van der Waals surface area contributed by atoms with E-state index in [1.807, 2.05) is 32.0 Å². The zero-order valence-electron chi connectivity index (χ0n) is 12.1. The molecule has 0 bridgehead atoms. The van der Waals surface area contributed by atoms with E-state index in [0.717, 1.165) is 22.4 Å². The van der Waals surface area contributed by atoms with Gasteiger partial charge in [0.2, 0.25) is 0 Å². The van der Waals surface area contributed by atoms with Crippen LogP contribution in [0.3, 0.4) is 0 Å². The molecule has 1 atom stereocenters. The van der Waals surface area contributed by atoms with Crippen LogP contribution in [-0.4, -0.2) is 6.54 Å². The minimum atomic E-state index is -0.269. The number of para-hydroxylation sites is 1. The van der Waals surface area contributed by atoms with Crippen LogP contribution in [0.15, 0.2) is 36.4 Å². The quantitative estimate of drug-likeness (QED) is 0.918. The second-order valence-corrected chi connectivity index (χ2v) is 5.07. The largest absolute Gasteiger partial charge is 0.484 e. The highest BCUT2D eigenvalue weighted by Crippen LogP contribution is 2.28. The molecule has 1 unspecified atom stereocenters. The van der Waals surface area contributed by atoms with Gasteiger partial charge in [0, 0.05) is 6.54 Å². The van der Waals surface area contributed by atoms with Crippen LogP contribution in [-0.2, 0) is 0 Å². The first-order valence-corrected chi connectivity index (χ1v) is 6.72. The van der Waals surface area contributed by atoms with Gasteiger partial charge in [-0.05, 0) is 55.2 Å². The minimum Gasteiger partial charge on any atom is -0.484 e. The Bertz CT molecular complexity index is 590. The Morgan fingerprint density at radius 3 is 2.25 bits per heavy atom. The highest BCUT2D eigenvalue weighted by atomic mass is 19.1. The highest BCUT2D eigenvalue weighted by Gasteiger charge is 2.15. The van der Waals surface area contributed by atoms with E-state index in [2.05, 4.69) is 0 Å². The van der Waals surface area contributed by atoms with Crippen molar-refractivity contribution in [3.63, 3.8) is 0 Å². The van der Waals surface area contributed by atoms with Crippen molar-refractivity contribution < 1.29 is 9.13 Å². The molecule has 0 heterocycles. The summed E-state index contributed by atoms with van der Waals surface area (Å²) in [5, 5.41) is 0. The van der Waals surface area contributed by atoms with Crippen molar-refractivity contribution in [1.29, 1.82) is 0 Å². The Balaban J connectivity index is 2.31. The third kappa shape index (κ3) is 2.99. The number of benzene rings is 2. The van der Waals surface area contributed by atoms with Gasteiger partial charge >= 0.3 is 0 Å². The molecule has 2 rings (SSSR count). The van der Waals surface area contributed by atoms with Crippen LogP contribution >= 0.6 is 0 Å². The van der Waals surface area contributed by atoms with Gasteiger partial charge in [-0.15, -0.1) is 0 Å². The Hall–Kier alpha value is -1.87. The van der Waals surface area contributed by atoms with Crippen molar-refractivity contribution in [2.24, 2.45) is 5.73 Å². The van der Waals surface area contributed by atoms with Crippen molar-refractivity contribution in [2.75, 3.05) is 6.54 Å². The monoisotopic (exact) mass is 273 g/mol. The van der Waals surface area contributed by atoms with E-state index in [0.29, 0.717) is 12.1 Å². The van der Waals surface area contributed by atoms with Crippen LogP contribution in [0.4, 0.5) is 4.39 Å². The summed E-state index contributed by atoms with van der Waals surface area (Å²) >= 11 is 0. The molecule has 0 radical (unpaired) electrons. The zero-order chi connectivity index (χ0) is 14.7. The SMILES string of the molecule is Cc1cc(C(CN)Oc2c(C)cccc2C)ccc1F. The molecule has 0 saturated heterocycles. The zero-order valence-corrected chi connectivity index (χ0v) is 12.1. The Labute approximate surface area is 119 Å². The average Bonchev–Trinajstić information content (AvgIpc) is 2.42. The number of aryl methyl sites for hydroxylation is 3. The molecule has 106 valence electrons. The molecule has 0 aliphatic heterocycles. The lowest BCUT2D eigenvalue weighted by molar-refractivity contribution is 0.211. The van der Waals surface area contributed by atoms with E-state index >= 15 is 0 Å². The summed E-state index contributed by atoms with van der Waals surface area (Å²) in [6.45, 7) is 6.10. The lowest BCUT2D eigenvalue weighted by Gasteiger charge is -2.21. The normalized spacial score (nSPS) is 12.2. The van der Waals surface area contributed by atoms with Gasteiger partial charge in [-0.3, -0.25) is 0 Å². The molecule has 0 spiro atoms. The van der Waals surface area contributed by atoms with Gasteiger partial charge in [0.1, 0.15) is 17.7 Å². The number of hydrogen-bond donors (Lipinski definition) is 1. The summed E-state index contributed by atoms with van der Waals surface area (Å²) in [5.74, 6) is 0.640. The molecule has 2 nitrogen and oxygen atoms in total. The van der Waals surface area contributed by atoms with Crippen molar-refractivity contribution >= 4 is 0 Å². The first kappa shape index (κ1) is 14.5. The van der Waals surface area contributed by atoms with Crippen molar-refractivity contribution in [3.8, 4) is 5.75 Å². The Kier molecular flexibility index (Phi) is 4.40. The van der Waals surface area contributed by atoms with E-state index in [1.165, 1.54) is 6.07 Å². The van der Waals surface area contributed by atoms with Crippen LogP contribution in [0.5, 0.6) is 5.75 Å².